The van der Waals surface area contributed by atoms with E-state index in [1.54, 1.807) is 0 Å². The molecule has 0 aliphatic rings. The average molecular weight is 259 g/mol. The van der Waals surface area contributed by atoms with Gasteiger partial charge in [-0.25, -0.2) is 13.6 Å². The molecule has 0 radical (unpaired) electrons. The number of carbonyl (C=O) groups is 2. The number of amides is 1. The van der Waals surface area contributed by atoms with Gasteiger partial charge in [-0.05, 0) is 17.7 Å². The number of hydrogen-bond donors (Lipinski definition) is 3. The summed E-state index contributed by atoms with van der Waals surface area (Å²) >= 11 is 0. The van der Waals surface area contributed by atoms with Crippen molar-refractivity contribution in [2.24, 2.45) is 0 Å². The van der Waals surface area contributed by atoms with Crippen LogP contribution in [-0.2, 0) is 16.0 Å². The second kappa shape index (κ2) is 5.44. The molecule has 0 spiro atoms. The minimum Gasteiger partial charge on any atom is -0.503 e. The number of nitrogens with one attached hydrogen (secondary N) is 1. The number of hydrogen-bond acceptors (Lipinski definition) is 3. The number of aliphatic carboxylic acids is 1. The molecule has 0 aliphatic heterocycles. The highest BCUT2D eigenvalue weighted by molar-refractivity contribution is 5.82. The fraction of sp³-hybridized carbons (Fsp3) is 0.273. The van der Waals surface area contributed by atoms with E-state index in [-0.39, 0.29) is 12.0 Å². The summed E-state index contributed by atoms with van der Waals surface area (Å²) in [6.45, 7) is 1.13. The number of phenolic OH excluding ortho intramolecular Hbond substituents is 1. The lowest BCUT2D eigenvalue weighted by Gasteiger charge is -2.13. The van der Waals surface area contributed by atoms with Gasteiger partial charge < -0.3 is 15.5 Å². The second-order valence-corrected chi connectivity index (χ2v) is 3.70. The molecule has 18 heavy (non-hydrogen) atoms. The molecule has 0 aromatic heterocycles. The Bertz CT molecular complexity index is 467. The van der Waals surface area contributed by atoms with E-state index in [1.807, 2.05) is 0 Å². The van der Waals surface area contributed by atoms with Gasteiger partial charge in [-0.2, -0.15) is 0 Å². The van der Waals surface area contributed by atoms with Crippen LogP contribution in [0.5, 0.6) is 5.75 Å². The Morgan fingerprint density at radius 3 is 2.22 bits per heavy atom. The summed E-state index contributed by atoms with van der Waals surface area (Å²) in [5.41, 5.74) is 0.0175. The zero-order valence-electron chi connectivity index (χ0n) is 9.41. The van der Waals surface area contributed by atoms with Crippen LogP contribution in [0, 0.1) is 11.6 Å². The average Bonchev–Trinajstić information content (AvgIpc) is 2.24. The molecule has 1 atom stereocenters. The molecule has 0 saturated carbocycles. The van der Waals surface area contributed by atoms with Crippen LogP contribution in [0.1, 0.15) is 12.5 Å². The molecule has 1 amide bonds. The van der Waals surface area contributed by atoms with E-state index >= 15 is 0 Å². The summed E-state index contributed by atoms with van der Waals surface area (Å²) in [5, 5.41) is 19.8. The van der Waals surface area contributed by atoms with Gasteiger partial charge in [0.1, 0.15) is 6.04 Å². The number of phenols is 1. The number of carboxylic acid groups (broad SMARTS) is 1. The van der Waals surface area contributed by atoms with Crippen LogP contribution in [0.4, 0.5) is 8.78 Å². The Balaban J connectivity index is 2.94. The van der Waals surface area contributed by atoms with Crippen LogP contribution in [0.15, 0.2) is 12.1 Å². The summed E-state index contributed by atoms with van der Waals surface area (Å²) in [6, 6.07) is 0.345. The number of benzene rings is 1. The van der Waals surface area contributed by atoms with Crippen molar-refractivity contribution >= 4 is 11.9 Å². The molecule has 0 bridgehead atoms. The molecular formula is C11H11F2NO4. The van der Waals surface area contributed by atoms with Crippen LogP contribution in [-0.4, -0.2) is 28.1 Å². The van der Waals surface area contributed by atoms with E-state index in [9.17, 15) is 18.4 Å². The number of halogens is 2. The number of rotatable bonds is 4. The Hall–Kier alpha value is -2.18. The number of carboxylic acids is 1. The molecule has 1 rings (SSSR count). The predicted molar refractivity (Wildman–Crippen MR) is 57.0 cm³/mol. The van der Waals surface area contributed by atoms with Crippen molar-refractivity contribution < 1.29 is 28.6 Å². The first-order valence-electron chi connectivity index (χ1n) is 4.98. The van der Waals surface area contributed by atoms with Crippen molar-refractivity contribution in [1.29, 1.82) is 0 Å². The molecule has 5 nitrogen and oxygen atoms in total. The van der Waals surface area contributed by atoms with Gasteiger partial charge in [0.2, 0.25) is 5.91 Å². The quantitative estimate of drug-likeness (QED) is 0.746. The predicted octanol–water partition coefficient (Wildman–Crippen LogP) is 0.802. The third kappa shape index (κ3) is 3.41. The molecular weight excluding hydrogens is 248 g/mol. The minimum absolute atomic E-state index is 0.0175. The molecule has 0 aliphatic carbocycles. The first kappa shape index (κ1) is 13.9. The van der Waals surface area contributed by atoms with Gasteiger partial charge in [0.15, 0.2) is 17.4 Å². The summed E-state index contributed by atoms with van der Waals surface area (Å²) in [6.07, 6.45) is -0.289. The molecule has 0 heterocycles. The largest absolute Gasteiger partial charge is 0.503 e. The Morgan fingerprint density at radius 2 is 1.83 bits per heavy atom. The third-order valence-electron chi connectivity index (χ3n) is 2.19. The SMILES string of the molecule is CC(=O)N[C@H](Cc1cc(F)c(O)c(F)c1)C(=O)O. The first-order chi connectivity index (χ1) is 8.31. The lowest BCUT2D eigenvalue weighted by atomic mass is 10.1. The van der Waals surface area contributed by atoms with Crippen LogP contribution < -0.4 is 5.32 Å². The summed E-state index contributed by atoms with van der Waals surface area (Å²) in [4.78, 5) is 21.6. The van der Waals surface area contributed by atoms with Crippen LogP contribution in [0.25, 0.3) is 0 Å². The van der Waals surface area contributed by atoms with Gasteiger partial charge in [0.25, 0.3) is 0 Å². The van der Waals surface area contributed by atoms with E-state index in [0.29, 0.717) is 0 Å². The smallest absolute Gasteiger partial charge is 0.326 e. The van der Waals surface area contributed by atoms with E-state index < -0.39 is 35.3 Å². The zero-order valence-corrected chi connectivity index (χ0v) is 9.41. The Morgan fingerprint density at radius 1 is 1.33 bits per heavy atom. The summed E-state index contributed by atoms with van der Waals surface area (Å²) < 4.78 is 26.1. The summed E-state index contributed by atoms with van der Waals surface area (Å²) in [5.74, 6) is -5.37. The monoisotopic (exact) mass is 259 g/mol. The second-order valence-electron chi connectivity index (χ2n) is 3.70. The van der Waals surface area contributed by atoms with E-state index in [0.717, 1.165) is 19.1 Å². The molecule has 1 aromatic carbocycles. The van der Waals surface area contributed by atoms with Crippen molar-refractivity contribution in [1.82, 2.24) is 5.32 Å². The van der Waals surface area contributed by atoms with Crippen molar-refractivity contribution in [3.05, 3.63) is 29.3 Å². The molecule has 7 heteroatoms. The lowest BCUT2D eigenvalue weighted by molar-refractivity contribution is -0.141. The minimum atomic E-state index is -1.32. The highest BCUT2D eigenvalue weighted by Gasteiger charge is 2.20. The third-order valence-corrected chi connectivity index (χ3v) is 2.19. The first-order valence-corrected chi connectivity index (χ1v) is 4.98. The number of aromatic hydroxyl groups is 1. The van der Waals surface area contributed by atoms with Gasteiger partial charge in [-0.1, -0.05) is 0 Å². The molecule has 0 saturated heterocycles. The van der Waals surface area contributed by atoms with E-state index in [1.165, 1.54) is 0 Å². The lowest BCUT2D eigenvalue weighted by Crippen LogP contribution is -2.41. The maximum atomic E-state index is 13.0. The van der Waals surface area contributed by atoms with Gasteiger partial charge in [0.05, 0.1) is 0 Å². The van der Waals surface area contributed by atoms with Crippen molar-refractivity contribution in [3.8, 4) is 5.75 Å². The molecule has 3 N–H and O–H groups in total. The van der Waals surface area contributed by atoms with Gasteiger partial charge in [-0.3, -0.25) is 4.79 Å². The highest BCUT2D eigenvalue weighted by atomic mass is 19.1. The molecule has 0 unspecified atom stereocenters. The normalized spacial score (nSPS) is 11.9. The molecule has 98 valence electrons. The van der Waals surface area contributed by atoms with Crippen LogP contribution in [0.2, 0.25) is 0 Å². The van der Waals surface area contributed by atoms with E-state index in [4.69, 9.17) is 10.2 Å². The van der Waals surface area contributed by atoms with Gasteiger partial charge in [0, 0.05) is 13.3 Å². The van der Waals surface area contributed by atoms with Gasteiger partial charge >= 0.3 is 5.97 Å². The fourth-order valence-electron chi connectivity index (χ4n) is 1.42. The van der Waals surface area contributed by atoms with Crippen LogP contribution >= 0.6 is 0 Å². The maximum absolute atomic E-state index is 13.0. The fourth-order valence-corrected chi connectivity index (χ4v) is 1.42. The van der Waals surface area contributed by atoms with Crippen molar-refractivity contribution in [2.45, 2.75) is 19.4 Å². The molecule has 0 fully saturated rings. The highest BCUT2D eigenvalue weighted by Crippen LogP contribution is 2.22. The van der Waals surface area contributed by atoms with Crippen molar-refractivity contribution in [2.75, 3.05) is 0 Å². The van der Waals surface area contributed by atoms with Crippen molar-refractivity contribution in [3.63, 3.8) is 0 Å². The summed E-state index contributed by atoms with van der Waals surface area (Å²) in [7, 11) is 0. The van der Waals surface area contributed by atoms with Gasteiger partial charge in [-0.15, -0.1) is 0 Å². The standard InChI is InChI=1S/C11H11F2NO4/c1-5(15)14-9(11(17)18)4-6-2-7(12)10(16)8(13)3-6/h2-3,9,16H,4H2,1H3,(H,14,15)(H,17,18)/t9-/m1/s1. The zero-order chi connectivity index (χ0) is 13.9. The van der Waals surface area contributed by atoms with E-state index in [2.05, 4.69) is 5.32 Å². The maximum Gasteiger partial charge on any atom is 0.326 e. The number of carbonyl (C=O) groups excluding carboxylic acids is 1. The Labute approximate surface area is 101 Å². The van der Waals surface area contributed by atoms with Crippen LogP contribution in [0.3, 0.4) is 0 Å². The molecule has 1 aromatic rings. The topological polar surface area (TPSA) is 86.6 Å². The Kier molecular flexibility index (Phi) is 4.19.